The molecule has 0 unspecified atom stereocenters. The van der Waals surface area contributed by atoms with Crippen molar-refractivity contribution < 1.29 is 26.0 Å². The molecule has 0 aliphatic carbocycles. The molecule has 0 bridgehead atoms. The summed E-state index contributed by atoms with van der Waals surface area (Å²) in [6.07, 6.45) is 0. The number of nitrogens with zero attached hydrogens (tertiary/aromatic N) is 1. The molecule has 0 fully saturated rings. The fourth-order valence-electron chi connectivity index (χ4n) is 1.05. The largest absolute Gasteiger partial charge is 0.306 e. The quantitative estimate of drug-likeness (QED) is 0.467. The molecule has 1 aromatic rings. The first-order valence-electron chi connectivity index (χ1n) is 3.75. The summed E-state index contributed by atoms with van der Waals surface area (Å²) in [6.45, 7) is 0. The van der Waals surface area contributed by atoms with Crippen LogP contribution in [0.5, 0.6) is 0 Å². The molecule has 0 radical (unpaired) electrons. The van der Waals surface area contributed by atoms with Crippen molar-refractivity contribution in [3.8, 4) is 0 Å². The fraction of sp³-hybridized carbons (Fsp3) is 0.143. The van der Waals surface area contributed by atoms with Gasteiger partial charge in [0, 0.05) is 0 Å². The first-order chi connectivity index (χ1) is 7.20. The van der Waals surface area contributed by atoms with Crippen LogP contribution in [0.15, 0.2) is 12.1 Å². The van der Waals surface area contributed by atoms with Gasteiger partial charge in [0.15, 0.2) is 11.6 Å². The maximum absolute atomic E-state index is 12.7. The van der Waals surface area contributed by atoms with Crippen LogP contribution >= 0.6 is 0 Å². The van der Waals surface area contributed by atoms with Gasteiger partial charge >= 0.3 is 10.2 Å². The average molecular weight is 255 g/mol. The van der Waals surface area contributed by atoms with Gasteiger partial charge in [0.2, 0.25) is 0 Å². The van der Waals surface area contributed by atoms with Gasteiger partial charge in [-0.2, -0.15) is 8.42 Å². The molecule has 9 heteroatoms. The standard InChI is InChI=1S/C7H4F3NO4S/c8-5-1-4(3-16(10,14)15)7(11(12)13)2-6(5)9/h1-2H,3H2. The molecule has 1 aromatic carbocycles. The zero-order valence-electron chi connectivity index (χ0n) is 7.48. The molecule has 0 atom stereocenters. The summed E-state index contributed by atoms with van der Waals surface area (Å²) >= 11 is 0. The first kappa shape index (κ1) is 12.4. The minimum Gasteiger partial charge on any atom is -0.258 e. The monoisotopic (exact) mass is 255 g/mol. The summed E-state index contributed by atoms with van der Waals surface area (Å²) < 4.78 is 58.1. The molecule has 0 aromatic heterocycles. The zero-order chi connectivity index (χ0) is 12.5. The van der Waals surface area contributed by atoms with Crippen LogP contribution < -0.4 is 0 Å². The topological polar surface area (TPSA) is 77.3 Å². The lowest BCUT2D eigenvalue weighted by atomic mass is 10.2. The molecule has 0 heterocycles. The van der Waals surface area contributed by atoms with Crippen LogP contribution in [0.25, 0.3) is 0 Å². The van der Waals surface area contributed by atoms with Crippen molar-refractivity contribution in [1.82, 2.24) is 0 Å². The molecule has 0 N–H and O–H groups in total. The summed E-state index contributed by atoms with van der Waals surface area (Å²) in [5.41, 5.74) is -1.73. The van der Waals surface area contributed by atoms with Gasteiger partial charge in [0.25, 0.3) is 5.69 Å². The third-order valence-corrected chi connectivity index (χ3v) is 2.30. The molecule has 16 heavy (non-hydrogen) atoms. The zero-order valence-corrected chi connectivity index (χ0v) is 8.30. The number of halogens is 3. The van der Waals surface area contributed by atoms with E-state index in [2.05, 4.69) is 0 Å². The second-order valence-corrected chi connectivity index (χ2v) is 4.20. The Balaban J connectivity index is 3.36. The second kappa shape index (κ2) is 4.08. The van der Waals surface area contributed by atoms with Crippen molar-refractivity contribution >= 4 is 15.9 Å². The SMILES string of the molecule is O=[N+]([O-])c1cc(F)c(F)cc1CS(=O)(=O)F. The second-order valence-electron chi connectivity index (χ2n) is 2.84. The third-order valence-electron chi connectivity index (χ3n) is 1.65. The summed E-state index contributed by atoms with van der Waals surface area (Å²) in [5, 5.41) is 10.4. The van der Waals surface area contributed by atoms with Gasteiger partial charge in [-0.15, -0.1) is 3.89 Å². The van der Waals surface area contributed by atoms with E-state index >= 15 is 0 Å². The van der Waals surface area contributed by atoms with Crippen LogP contribution in [0.1, 0.15) is 5.56 Å². The molecule has 0 saturated carbocycles. The fourth-order valence-corrected chi connectivity index (χ4v) is 1.65. The minimum absolute atomic E-state index is 0.204. The van der Waals surface area contributed by atoms with Gasteiger partial charge in [-0.05, 0) is 6.07 Å². The van der Waals surface area contributed by atoms with Gasteiger partial charge in [-0.3, -0.25) is 10.1 Å². The summed E-state index contributed by atoms with van der Waals surface area (Å²) in [6, 6.07) is 0.487. The molecule has 1 rings (SSSR count). The van der Waals surface area contributed by atoms with Gasteiger partial charge < -0.3 is 0 Å². The van der Waals surface area contributed by atoms with Gasteiger partial charge in [0.05, 0.1) is 16.6 Å². The normalized spacial score (nSPS) is 11.4. The highest BCUT2D eigenvalue weighted by Gasteiger charge is 2.22. The van der Waals surface area contributed by atoms with Crippen molar-refractivity contribution in [1.29, 1.82) is 0 Å². The minimum atomic E-state index is -5.06. The van der Waals surface area contributed by atoms with E-state index in [1.807, 2.05) is 0 Å². The van der Waals surface area contributed by atoms with Crippen LogP contribution in [-0.4, -0.2) is 13.3 Å². The van der Waals surface area contributed by atoms with Gasteiger partial charge in [-0.25, -0.2) is 8.78 Å². The van der Waals surface area contributed by atoms with Crippen LogP contribution in [-0.2, 0) is 16.0 Å². The van der Waals surface area contributed by atoms with E-state index in [1.54, 1.807) is 0 Å². The predicted molar refractivity (Wildman–Crippen MR) is 46.7 cm³/mol. The Morgan fingerprint density at radius 2 is 1.75 bits per heavy atom. The summed E-state index contributed by atoms with van der Waals surface area (Å²) in [7, 11) is -5.06. The summed E-state index contributed by atoms with van der Waals surface area (Å²) in [4.78, 5) is 9.25. The molecule has 0 amide bonds. The molecule has 0 aliphatic rings. The molecule has 5 nitrogen and oxygen atoms in total. The number of hydrogen-bond acceptors (Lipinski definition) is 4. The Labute approximate surface area is 87.9 Å². The van der Waals surface area contributed by atoms with E-state index in [0.717, 1.165) is 0 Å². The van der Waals surface area contributed by atoms with Crippen molar-refractivity contribution in [3.63, 3.8) is 0 Å². The first-order valence-corrected chi connectivity index (χ1v) is 5.30. The van der Waals surface area contributed by atoms with Crippen LogP contribution in [0.2, 0.25) is 0 Å². The average Bonchev–Trinajstić information content (AvgIpc) is 2.07. The van der Waals surface area contributed by atoms with Crippen molar-refractivity contribution in [2.45, 2.75) is 5.75 Å². The van der Waals surface area contributed by atoms with E-state index in [4.69, 9.17) is 0 Å². The van der Waals surface area contributed by atoms with E-state index in [9.17, 15) is 31.2 Å². The van der Waals surface area contributed by atoms with Crippen molar-refractivity contribution in [2.75, 3.05) is 0 Å². The Morgan fingerprint density at radius 1 is 1.25 bits per heavy atom. The van der Waals surface area contributed by atoms with Gasteiger partial charge in [-0.1, -0.05) is 0 Å². The molecular formula is C7H4F3NO4S. The lowest BCUT2D eigenvalue weighted by molar-refractivity contribution is -0.385. The van der Waals surface area contributed by atoms with Crippen LogP contribution in [0.3, 0.4) is 0 Å². The highest BCUT2D eigenvalue weighted by atomic mass is 32.3. The maximum Gasteiger partial charge on any atom is 0.306 e. The molecule has 0 spiro atoms. The van der Waals surface area contributed by atoms with Crippen molar-refractivity contribution in [3.05, 3.63) is 39.4 Å². The lowest BCUT2D eigenvalue weighted by Crippen LogP contribution is -2.03. The number of rotatable bonds is 3. The Bertz CT molecular complexity index is 543. The number of hydrogen-bond donors (Lipinski definition) is 0. The van der Waals surface area contributed by atoms with E-state index in [-0.39, 0.29) is 12.1 Å². The molecule has 0 aliphatic heterocycles. The van der Waals surface area contributed by atoms with Gasteiger partial charge in [0.1, 0.15) is 5.75 Å². The van der Waals surface area contributed by atoms with Crippen molar-refractivity contribution in [2.24, 2.45) is 0 Å². The van der Waals surface area contributed by atoms with E-state index in [1.165, 1.54) is 0 Å². The van der Waals surface area contributed by atoms with E-state index in [0.29, 0.717) is 0 Å². The Morgan fingerprint density at radius 3 is 2.19 bits per heavy atom. The summed E-state index contributed by atoms with van der Waals surface area (Å²) in [5.74, 6) is -4.36. The lowest BCUT2D eigenvalue weighted by Gasteiger charge is -2.01. The third kappa shape index (κ3) is 2.92. The highest BCUT2D eigenvalue weighted by Crippen LogP contribution is 2.24. The number of nitro benzene ring substituents is 1. The van der Waals surface area contributed by atoms with E-state index < -0.39 is 43.8 Å². The Kier molecular flexibility index (Phi) is 3.17. The molecule has 0 saturated heterocycles. The number of nitro groups is 1. The Hall–Kier alpha value is -1.64. The number of benzene rings is 1. The van der Waals surface area contributed by atoms with Crippen LogP contribution in [0.4, 0.5) is 18.4 Å². The smallest absolute Gasteiger partial charge is 0.258 e. The molecule has 88 valence electrons. The highest BCUT2D eigenvalue weighted by molar-refractivity contribution is 7.85. The molecular weight excluding hydrogens is 251 g/mol. The van der Waals surface area contributed by atoms with Crippen LogP contribution in [0, 0.1) is 21.7 Å². The maximum atomic E-state index is 12.7. The predicted octanol–water partition coefficient (Wildman–Crippen LogP) is 1.67.